The number of hydrogen-bond acceptors (Lipinski definition) is 4. The van der Waals surface area contributed by atoms with Crippen molar-refractivity contribution in [2.24, 2.45) is 0 Å². The number of carboxylic acid groups (broad SMARTS) is 1. The van der Waals surface area contributed by atoms with E-state index >= 15 is 0 Å². The molecule has 0 bridgehead atoms. The van der Waals surface area contributed by atoms with Crippen LogP contribution in [0.15, 0.2) is 12.2 Å². The van der Waals surface area contributed by atoms with Gasteiger partial charge in [0.05, 0.1) is 6.61 Å². The summed E-state index contributed by atoms with van der Waals surface area (Å²) in [5.41, 5.74) is 0. The number of rotatable bonds is 4. The monoisotopic (exact) mass is 172 g/mol. The molecular formula is C7H8O5. The first kappa shape index (κ1) is 10.3. The van der Waals surface area contributed by atoms with Crippen LogP contribution >= 0.6 is 0 Å². The Morgan fingerprint density at radius 1 is 1.33 bits per heavy atom. The average Bonchev–Trinajstić information content (AvgIpc) is 2.00. The summed E-state index contributed by atoms with van der Waals surface area (Å²) in [7, 11) is 0. The summed E-state index contributed by atoms with van der Waals surface area (Å²) in [6, 6.07) is 0. The van der Waals surface area contributed by atoms with Crippen LogP contribution in [0.3, 0.4) is 0 Å². The predicted molar refractivity (Wildman–Crippen MR) is 38.4 cm³/mol. The van der Waals surface area contributed by atoms with Gasteiger partial charge >= 0.3 is 11.9 Å². The Labute approximate surface area is 68.6 Å². The second-order valence-corrected chi connectivity index (χ2v) is 1.76. The van der Waals surface area contributed by atoms with Gasteiger partial charge in [0.15, 0.2) is 0 Å². The van der Waals surface area contributed by atoms with Crippen LogP contribution in [0.4, 0.5) is 0 Å². The lowest BCUT2D eigenvalue weighted by atomic mass is 10.3. The van der Waals surface area contributed by atoms with E-state index in [0.29, 0.717) is 12.2 Å². The first-order valence-electron chi connectivity index (χ1n) is 3.20. The first-order valence-corrected chi connectivity index (χ1v) is 3.20. The van der Waals surface area contributed by atoms with Crippen molar-refractivity contribution in [1.29, 1.82) is 0 Å². The maximum absolute atomic E-state index is 10.6. The lowest BCUT2D eigenvalue weighted by molar-refractivity contribution is -0.151. The molecule has 12 heavy (non-hydrogen) atoms. The maximum Gasteiger partial charge on any atom is 0.379 e. The summed E-state index contributed by atoms with van der Waals surface area (Å²) in [5, 5.41) is 8.08. The van der Waals surface area contributed by atoms with Gasteiger partial charge in [0.25, 0.3) is 5.78 Å². The Balaban J connectivity index is 4.04. The molecule has 0 aliphatic rings. The van der Waals surface area contributed by atoms with Crippen molar-refractivity contribution < 1.29 is 24.2 Å². The zero-order chi connectivity index (χ0) is 9.56. The number of carbonyl (C=O) groups is 3. The van der Waals surface area contributed by atoms with Gasteiger partial charge in [-0.1, -0.05) is 0 Å². The van der Waals surface area contributed by atoms with Gasteiger partial charge in [0, 0.05) is 12.2 Å². The second-order valence-electron chi connectivity index (χ2n) is 1.76. The third-order valence-corrected chi connectivity index (χ3v) is 0.854. The van der Waals surface area contributed by atoms with Crippen LogP contribution in [0, 0.1) is 0 Å². The van der Waals surface area contributed by atoms with Crippen LogP contribution in [0.2, 0.25) is 0 Å². The number of carboxylic acids is 1. The average molecular weight is 172 g/mol. The number of ether oxygens (including phenoxy) is 1. The van der Waals surface area contributed by atoms with Gasteiger partial charge in [0.2, 0.25) is 0 Å². The maximum atomic E-state index is 10.6. The molecule has 0 rings (SSSR count). The van der Waals surface area contributed by atoms with Crippen LogP contribution in [0.25, 0.3) is 0 Å². The molecular weight excluding hydrogens is 164 g/mol. The van der Waals surface area contributed by atoms with E-state index in [0.717, 1.165) is 0 Å². The Hall–Kier alpha value is -1.65. The molecule has 0 radical (unpaired) electrons. The van der Waals surface area contributed by atoms with Gasteiger partial charge in [-0.2, -0.15) is 0 Å². The minimum absolute atomic E-state index is 0.0888. The van der Waals surface area contributed by atoms with Crippen molar-refractivity contribution in [3.8, 4) is 0 Å². The molecule has 0 heterocycles. The topological polar surface area (TPSA) is 80.7 Å². The molecule has 5 heteroatoms. The molecule has 1 N–H and O–H groups in total. The second kappa shape index (κ2) is 5.06. The van der Waals surface area contributed by atoms with E-state index in [1.165, 1.54) is 0 Å². The van der Waals surface area contributed by atoms with Crippen LogP contribution in [0.1, 0.15) is 6.92 Å². The van der Waals surface area contributed by atoms with Gasteiger partial charge in [-0.15, -0.1) is 0 Å². The lowest BCUT2D eigenvalue weighted by Gasteiger charge is -1.94. The van der Waals surface area contributed by atoms with Crippen molar-refractivity contribution >= 4 is 17.7 Å². The largest absolute Gasteiger partial charge is 0.478 e. The summed E-state index contributed by atoms with van der Waals surface area (Å²) in [6.45, 7) is 1.64. The zero-order valence-electron chi connectivity index (χ0n) is 6.44. The van der Waals surface area contributed by atoms with Crippen molar-refractivity contribution in [1.82, 2.24) is 0 Å². The lowest BCUT2D eigenvalue weighted by Crippen LogP contribution is -2.14. The van der Waals surface area contributed by atoms with E-state index in [4.69, 9.17) is 5.11 Å². The van der Waals surface area contributed by atoms with Crippen molar-refractivity contribution in [3.63, 3.8) is 0 Å². The molecule has 66 valence electrons. The minimum Gasteiger partial charge on any atom is -0.478 e. The first-order chi connectivity index (χ1) is 5.57. The molecule has 0 amide bonds. The summed E-state index contributed by atoms with van der Waals surface area (Å²) < 4.78 is 4.30. The van der Waals surface area contributed by atoms with E-state index in [9.17, 15) is 14.4 Å². The quantitative estimate of drug-likeness (QED) is 0.359. The molecule has 5 nitrogen and oxygen atoms in total. The summed E-state index contributed by atoms with van der Waals surface area (Å²) in [4.78, 5) is 31.0. The van der Waals surface area contributed by atoms with E-state index in [2.05, 4.69) is 4.74 Å². The molecule has 0 spiro atoms. The highest BCUT2D eigenvalue weighted by molar-refractivity contribution is 6.38. The Bertz CT molecular complexity index is 228. The number of carbonyl (C=O) groups excluding carboxylic acids is 2. The van der Waals surface area contributed by atoms with Gasteiger partial charge in [-0.25, -0.2) is 9.59 Å². The predicted octanol–water partition coefficient (Wildman–Crippen LogP) is -0.241. The van der Waals surface area contributed by atoms with Gasteiger partial charge in [-0.05, 0) is 6.92 Å². The molecule has 0 saturated heterocycles. The van der Waals surface area contributed by atoms with Crippen LogP contribution in [0.5, 0.6) is 0 Å². The fourth-order valence-electron chi connectivity index (χ4n) is 0.417. The van der Waals surface area contributed by atoms with Gasteiger partial charge in [0.1, 0.15) is 0 Å². The van der Waals surface area contributed by atoms with E-state index in [-0.39, 0.29) is 6.61 Å². The number of hydrogen-bond donors (Lipinski definition) is 1. The Kier molecular flexibility index (Phi) is 4.36. The molecule has 0 aromatic carbocycles. The van der Waals surface area contributed by atoms with E-state index < -0.39 is 17.7 Å². The highest BCUT2D eigenvalue weighted by Crippen LogP contribution is 1.83. The number of ketones is 1. The Morgan fingerprint density at radius 3 is 2.33 bits per heavy atom. The molecule has 0 aromatic heterocycles. The van der Waals surface area contributed by atoms with Crippen molar-refractivity contribution in [2.45, 2.75) is 6.92 Å². The fraction of sp³-hybridized carbons (Fsp3) is 0.286. The molecule has 0 aromatic rings. The summed E-state index contributed by atoms with van der Waals surface area (Å²) in [6.07, 6.45) is 1.24. The molecule has 0 aliphatic carbocycles. The standard InChI is InChI=1S/C7H8O5/c1-2-12-7(11)5(8)3-4-6(9)10/h3-4H,2H2,1H3,(H,9,10). The normalized spacial score (nSPS) is 9.75. The summed E-state index contributed by atoms with van der Waals surface area (Å²) in [5.74, 6) is -3.30. The van der Waals surface area contributed by atoms with Crippen LogP contribution in [-0.4, -0.2) is 29.4 Å². The SMILES string of the molecule is CCOC(=O)C(=O)C=CC(=O)O. The van der Waals surface area contributed by atoms with E-state index in [1.807, 2.05) is 0 Å². The zero-order valence-corrected chi connectivity index (χ0v) is 6.44. The highest BCUT2D eigenvalue weighted by Gasteiger charge is 2.10. The summed E-state index contributed by atoms with van der Waals surface area (Å²) >= 11 is 0. The third kappa shape index (κ3) is 4.21. The van der Waals surface area contributed by atoms with Crippen LogP contribution in [-0.2, 0) is 19.1 Å². The molecule has 0 saturated carbocycles. The van der Waals surface area contributed by atoms with Crippen molar-refractivity contribution in [3.05, 3.63) is 12.2 Å². The molecule has 0 unspecified atom stereocenters. The van der Waals surface area contributed by atoms with Crippen molar-refractivity contribution in [2.75, 3.05) is 6.61 Å². The third-order valence-electron chi connectivity index (χ3n) is 0.854. The van der Waals surface area contributed by atoms with Crippen LogP contribution < -0.4 is 0 Å². The van der Waals surface area contributed by atoms with Gasteiger partial charge in [-0.3, -0.25) is 4.79 Å². The van der Waals surface area contributed by atoms with E-state index in [1.54, 1.807) is 6.92 Å². The molecule has 0 atom stereocenters. The number of aliphatic carboxylic acids is 1. The highest BCUT2D eigenvalue weighted by atomic mass is 16.5. The minimum atomic E-state index is -1.28. The fourth-order valence-corrected chi connectivity index (χ4v) is 0.417. The van der Waals surface area contributed by atoms with Gasteiger partial charge < -0.3 is 9.84 Å². The molecule has 0 aliphatic heterocycles. The number of esters is 1. The molecule has 0 fully saturated rings. The smallest absolute Gasteiger partial charge is 0.379 e. The Morgan fingerprint density at radius 2 is 1.92 bits per heavy atom.